The van der Waals surface area contributed by atoms with Crippen LogP contribution in [0.1, 0.15) is 42.3 Å². The van der Waals surface area contributed by atoms with Crippen molar-refractivity contribution in [1.29, 1.82) is 0 Å². The number of carbonyl (C=O) groups excluding carboxylic acids is 2. The normalized spacial score (nSPS) is 15.7. The van der Waals surface area contributed by atoms with Crippen LogP contribution in [-0.4, -0.2) is 29.6 Å². The van der Waals surface area contributed by atoms with Gasteiger partial charge in [0.1, 0.15) is 0 Å². The van der Waals surface area contributed by atoms with E-state index in [0.29, 0.717) is 29.3 Å². The lowest BCUT2D eigenvalue weighted by Crippen LogP contribution is -2.26. The zero-order valence-electron chi connectivity index (χ0n) is 11.5. The van der Waals surface area contributed by atoms with E-state index < -0.39 is 0 Å². The van der Waals surface area contributed by atoms with Gasteiger partial charge in [-0.3, -0.25) is 9.59 Å². The summed E-state index contributed by atoms with van der Waals surface area (Å²) in [6.07, 6.45) is 2.80. The van der Waals surface area contributed by atoms with Gasteiger partial charge in [0.25, 0.3) is 5.91 Å². The Kier molecular flexibility index (Phi) is 5.14. The fraction of sp³-hybridized carbons (Fsp3) is 0.571. The zero-order valence-corrected chi connectivity index (χ0v) is 12.3. The van der Waals surface area contributed by atoms with Crippen molar-refractivity contribution in [2.24, 2.45) is 5.92 Å². The molecule has 1 heterocycles. The first-order valence-corrected chi connectivity index (χ1v) is 7.78. The van der Waals surface area contributed by atoms with Crippen LogP contribution in [0.5, 0.6) is 0 Å². The van der Waals surface area contributed by atoms with Crippen LogP contribution in [0.15, 0.2) is 12.1 Å². The van der Waals surface area contributed by atoms with E-state index >= 15 is 0 Å². The molecule has 6 heteroatoms. The molecule has 0 bridgehead atoms. The minimum absolute atomic E-state index is 0.0462. The summed E-state index contributed by atoms with van der Waals surface area (Å²) in [6.45, 7) is 2.36. The number of hydrogen-bond acceptors (Lipinski definition) is 4. The summed E-state index contributed by atoms with van der Waals surface area (Å²) < 4.78 is 0. The Labute approximate surface area is 122 Å². The highest BCUT2D eigenvalue weighted by atomic mass is 32.1. The maximum absolute atomic E-state index is 11.9. The summed E-state index contributed by atoms with van der Waals surface area (Å²) >= 11 is 1.27. The summed E-state index contributed by atoms with van der Waals surface area (Å²) in [5, 5.41) is 15.7. The molecule has 0 aromatic carbocycles. The number of carbonyl (C=O) groups is 2. The van der Waals surface area contributed by atoms with Crippen molar-refractivity contribution >= 4 is 28.2 Å². The van der Waals surface area contributed by atoms with Gasteiger partial charge in [-0.2, -0.15) is 0 Å². The number of anilines is 1. The Bertz CT molecular complexity index is 483. The van der Waals surface area contributed by atoms with Gasteiger partial charge >= 0.3 is 0 Å². The number of aliphatic hydroxyl groups is 1. The summed E-state index contributed by atoms with van der Waals surface area (Å²) in [7, 11) is 0. The molecular formula is C14H20N2O3S. The Hall–Kier alpha value is -1.40. The van der Waals surface area contributed by atoms with Crippen molar-refractivity contribution in [2.75, 3.05) is 11.9 Å². The van der Waals surface area contributed by atoms with Gasteiger partial charge in [0.05, 0.1) is 16.0 Å². The molecular weight excluding hydrogens is 276 g/mol. The van der Waals surface area contributed by atoms with Gasteiger partial charge in [0, 0.05) is 12.5 Å². The number of nitrogens with one attached hydrogen (secondary N) is 2. The molecule has 0 spiro atoms. The number of thiophene rings is 1. The lowest BCUT2D eigenvalue weighted by molar-refractivity contribution is -0.117. The third-order valence-corrected chi connectivity index (χ3v) is 4.26. The maximum atomic E-state index is 11.9. The highest BCUT2D eigenvalue weighted by Crippen LogP contribution is 2.31. The van der Waals surface area contributed by atoms with Crippen LogP contribution in [0.25, 0.3) is 0 Å². The molecule has 1 unspecified atom stereocenters. The molecule has 3 N–H and O–H groups in total. The second-order valence-electron chi connectivity index (χ2n) is 5.03. The average Bonchev–Trinajstić information content (AvgIpc) is 3.19. The standard InChI is InChI=1S/C14H20N2O3S/c1-2-10(17)7-8-15-14(19)11-5-6-12(20-11)16-13(18)9-3-4-9/h5-6,9-10,17H,2-4,7-8H2,1H3,(H,15,19)(H,16,18). The Morgan fingerprint density at radius 3 is 2.85 bits per heavy atom. The third kappa shape index (κ3) is 4.31. The maximum Gasteiger partial charge on any atom is 0.261 e. The second-order valence-corrected chi connectivity index (χ2v) is 6.12. The molecule has 1 saturated carbocycles. The lowest BCUT2D eigenvalue weighted by Gasteiger charge is -2.07. The number of hydrogen-bond donors (Lipinski definition) is 3. The van der Waals surface area contributed by atoms with Gasteiger partial charge in [-0.25, -0.2) is 0 Å². The molecule has 1 aromatic heterocycles. The first-order chi connectivity index (χ1) is 9.60. The van der Waals surface area contributed by atoms with Crippen molar-refractivity contribution in [1.82, 2.24) is 5.32 Å². The molecule has 20 heavy (non-hydrogen) atoms. The predicted molar refractivity (Wildman–Crippen MR) is 78.9 cm³/mol. The van der Waals surface area contributed by atoms with Crippen LogP contribution in [-0.2, 0) is 4.79 Å². The highest BCUT2D eigenvalue weighted by molar-refractivity contribution is 7.18. The molecule has 1 aliphatic carbocycles. The molecule has 2 amide bonds. The van der Waals surface area contributed by atoms with Crippen molar-refractivity contribution in [3.05, 3.63) is 17.0 Å². The summed E-state index contributed by atoms with van der Waals surface area (Å²) in [4.78, 5) is 24.0. The quantitative estimate of drug-likeness (QED) is 0.720. The van der Waals surface area contributed by atoms with Gasteiger partial charge in [-0.1, -0.05) is 6.92 Å². The van der Waals surface area contributed by atoms with Gasteiger partial charge in [0.15, 0.2) is 0 Å². The first kappa shape index (κ1) is 15.0. The van der Waals surface area contributed by atoms with E-state index in [9.17, 15) is 14.7 Å². The SMILES string of the molecule is CCC(O)CCNC(=O)c1ccc(NC(=O)C2CC2)s1. The Balaban J connectivity index is 1.78. The van der Waals surface area contributed by atoms with Gasteiger partial charge in [-0.05, 0) is 37.8 Å². The minimum atomic E-state index is -0.368. The number of rotatable bonds is 7. The molecule has 110 valence electrons. The molecule has 2 rings (SSSR count). The van der Waals surface area contributed by atoms with Crippen molar-refractivity contribution < 1.29 is 14.7 Å². The predicted octanol–water partition coefficient (Wildman–Crippen LogP) is 1.99. The molecule has 0 aliphatic heterocycles. The van der Waals surface area contributed by atoms with E-state index in [1.165, 1.54) is 11.3 Å². The van der Waals surface area contributed by atoms with Gasteiger partial charge in [-0.15, -0.1) is 11.3 Å². The summed E-state index contributed by atoms with van der Waals surface area (Å²) in [5.41, 5.74) is 0. The van der Waals surface area contributed by atoms with Gasteiger partial charge < -0.3 is 15.7 Å². The lowest BCUT2D eigenvalue weighted by atomic mass is 10.2. The fourth-order valence-electron chi connectivity index (χ4n) is 1.74. The number of aliphatic hydroxyl groups excluding tert-OH is 1. The van der Waals surface area contributed by atoms with Gasteiger partial charge in [0.2, 0.25) is 5.91 Å². The smallest absolute Gasteiger partial charge is 0.261 e. The van der Waals surface area contributed by atoms with Crippen LogP contribution in [0.3, 0.4) is 0 Å². The number of amides is 2. The summed E-state index contributed by atoms with van der Waals surface area (Å²) in [5.74, 6) is 0.0417. The second kappa shape index (κ2) is 6.85. The molecule has 0 saturated heterocycles. The van der Waals surface area contributed by atoms with Crippen LogP contribution in [0.2, 0.25) is 0 Å². The van der Waals surface area contributed by atoms with E-state index in [0.717, 1.165) is 12.8 Å². The Morgan fingerprint density at radius 1 is 1.45 bits per heavy atom. The molecule has 1 aliphatic rings. The largest absolute Gasteiger partial charge is 0.393 e. The van der Waals surface area contributed by atoms with E-state index in [4.69, 9.17) is 0 Å². The fourth-order valence-corrected chi connectivity index (χ4v) is 2.57. The van der Waals surface area contributed by atoms with Crippen LogP contribution < -0.4 is 10.6 Å². The molecule has 1 aromatic rings. The first-order valence-electron chi connectivity index (χ1n) is 6.97. The summed E-state index contributed by atoms with van der Waals surface area (Å²) in [6, 6.07) is 3.46. The van der Waals surface area contributed by atoms with Crippen molar-refractivity contribution in [3.8, 4) is 0 Å². The van der Waals surface area contributed by atoms with E-state index in [-0.39, 0.29) is 23.8 Å². The highest BCUT2D eigenvalue weighted by Gasteiger charge is 2.29. The third-order valence-electron chi connectivity index (χ3n) is 3.26. The average molecular weight is 296 g/mol. The zero-order chi connectivity index (χ0) is 14.5. The van der Waals surface area contributed by atoms with E-state index in [1.54, 1.807) is 12.1 Å². The van der Waals surface area contributed by atoms with Crippen molar-refractivity contribution in [3.63, 3.8) is 0 Å². The van der Waals surface area contributed by atoms with Crippen molar-refractivity contribution in [2.45, 2.75) is 38.7 Å². The van der Waals surface area contributed by atoms with E-state index in [1.807, 2.05) is 6.92 Å². The molecule has 5 nitrogen and oxygen atoms in total. The van der Waals surface area contributed by atoms with Crippen LogP contribution in [0, 0.1) is 5.92 Å². The molecule has 1 atom stereocenters. The van der Waals surface area contributed by atoms with E-state index in [2.05, 4.69) is 10.6 Å². The Morgan fingerprint density at radius 2 is 2.20 bits per heavy atom. The topological polar surface area (TPSA) is 78.4 Å². The molecule has 1 fully saturated rings. The molecule has 0 radical (unpaired) electrons. The van der Waals surface area contributed by atoms with Crippen LogP contribution in [0.4, 0.5) is 5.00 Å². The minimum Gasteiger partial charge on any atom is -0.393 e. The monoisotopic (exact) mass is 296 g/mol. The van der Waals surface area contributed by atoms with Crippen LogP contribution >= 0.6 is 11.3 Å².